The fourth-order valence-corrected chi connectivity index (χ4v) is 2.10. The summed E-state index contributed by atoms with van der Waals surface area (Å²) in [4.78, 5) is 4.33. The molecule has 2 rings (SSSR count). The second kappa shape index (κ2) is 2.38. The molecular weight excluding hydrogens is 152 g/mol. The molecule has 0 aromatic carbocycles. The summed E-state index contributed by atoms with van der Waals surface area (Å²) in [6.45, 7) is 5.24. The van der Waals surface area contributed by atoms with Gasteiger partial charge in [0.15, 0.2) is 0 Å². The number of ether oxygens (including phenoxy) is 1. The lowest BCUT2D eigenvalue weighted by atomic mass is 9.65. The lowest BCUT2D eigenvalue weighted by Crippen LogP contribution is -2.45. The van der Waals surface area contributed by atoms with Crippen molar-refractivity contribution in [3.63, 3.8) is 0 Å². The zero-order valence-corrected chi connectivity index (χ0v) is 7.71. The minimum Gasteiger partial charge on any atom is -0.463 e. The van der Waals surface area contributed by atoms with Gasteiger partial charge in [0.05, 0.1) is 0 Å². The van der Waals surface area contributed by atoms with Crippen LogP contribution in [0.1, 0.15) is 26.7 Å². The second-order valence-electron chi connectivity index (χ2n) is 4.38. The molecule has 0 atom stereocenters. The number of hydrogen-bond acceptors (Lipinski definition) is 3. The lowest BCUT2D eigenvalue weighted by Gasteiger charge is -2.43. The number of aliphatic imine (C=N–C) groups is 1. The molecule has 1 aliphatic heterocycles. The first-order chi connectivity index (χ1) is 5.61. The maximum atomic E-state index is 5.47. The number of hydrogen-bond donors (Lipinski definition) is 1. The van der Waals surface area contributed by atoms with E-state index >= 15 is 0 Å². The first kappa shape index (κ1) is 7.90. The molecule has 1 spiro atoms. The van der Waals surface area contributed by atoms with E-state index in [2.05, 4.69) is 18.8 Å². The van der Waals surface area contributed by atoms with Crippen molar-refractivity contribution in [3.8, 4) is 0 Å². The van der Waals surface area contributed by atoms with Crippen LogP contribution in [0.15, 0.2) is 4.99 Å². The van der Waals surface area contributed by atoms with Gasteiger partial charge in [-0.05, 0) is 24.7 Å². The highest BCUT2D eigenvalue weighted by Crippen LogP contribution is 2.46. The van der Waals surface area contributed by atoms with E-state index in [1.54, 1.807) is 0 Å². The zero-order chi connectivity index (χ0) is 8.77. The Kier molecular flexibility index (Phi) is 1.56. The minimum atomic E-state index is 0.0824. The Bertz CT molecular complexity index is 217. The van der Waals surface area contributed by atoms with Crippen LogP contribution in [0.5, 0.6) is 0 Å². The molecule has 3 nitrogen and oxygen atoms in total. The molecule has 3 heteroatoms. The molecule has 1 heterocycles. The summed E-state index contributed by atoms with van der Waals surface area (Å²) >= 11 is 0. The predicted molar refractivity (Wildman–Crippen MR) is 47.9 cm³/mol. The van der Waals surface area contributed by atoms with Crippen LogP contribution in [0, 0.1) is 11.8 Å². The summed E-state index contributed by atoms with van der Waals surface area (Å²) in [5, 5.41) is 0. The topological polar surface area (TPSA) is 47.6 Å². The molecule has 0 amide bonds. The zero-order valence-electron chi connectivity index (χ0n) is 7.71. The van der Waals surface area contributed by atoms with Gasteiger partial charge in [-0.2, -0.15) is 0 Å². The summed E-state index contributed by atoms with van der Waals surface area (Å²) in [7, 11) is 0. The molecule has 0 aromatic heterocycles. The monoisotopic (exact) mass is 168 g/mol. The fourth-order valence-electron chi connectivity index (χ4n) is 2.10. The quantitative estimate of drug-likeness (QED) is 0.638. The van der Waals surface area contributed by atoms with E-state index in [1.807, 2.05) is 0 Å². The van der Waals surface area contributed by atoms with E-state index in [9.17, 15) is 0 Å². The van der Waals surface area contributed by atoms with Gasteiger partial charge >= 0.3 is 0 Å². The largest absolute Gasteiger partial charge is 0.463 e. The van der Waals surface area contributed by atoms with Crippen LogP contribution < -0.4 is 5.73 Å². The van der Waals surface area contributed by atoms with E-state index in [4.69, 9.17) is 10.5 Å². The molecule has 0 aromatic rings. The lowest BCUT2D eigenvalue weighted by molar-refractivity contribution is 0.0795. The Morgan fingerprint density at radius 2 is 2.25 bits per heavy atom. The van der Waals surface area contributed by atoms with E-state index in [0.29, 0.717) is 12.6 Å². The average molecular weight is 168 g/mol. The number of rotatable bonds is 1. The highest BCUT2D eigenvalue weighted by atomic mass is 16.5. The maximum absolute atomic E-state index is 5.47. The Morgan fingerprint density at radius 3 is 2.67 bits per heavy atom. The molecule has 0 bridgehead atoms. The number of amidine groups is 1. The first-order valence-electron chi connectivity index (χ1n) is 4.59. The Hall–Kier alpha value is -0.730. The molecule has 0 radical (unpaired) electrons. The van der Waals surface area contributed by atoms with Gasteiger partial charge in [-0.3, -0.25) is 0 Å². The molecular formula is C9H16N2O. The molecule has 2 N–H and O–H groups in total. The minimum absolute atomic E-state index is 0.0824. The van der Waals surface area contributed by atoms with Crippen LogP contribution in [0.25, 0.3) is 0 Å². The summed E-state index contributed by atoms with van der Waals surface area (Å²) in [6.07, 6.45) is 2.32. The van der Waals surface area contributed by atoms with Crippen molar-refractivity contribution >= 4 is 6.02 Å². The van der Waals surface area contributed by atoms with Crippen LogP contribution >= 0.6 is 0 Å². The molecule has 1 fully saturated rings. The number of nitrogens with two attached hydrogens (primary N) is 1. The molecule has 68 valence electrons. The average Bonchev–Trinajstić information content (AvgIpc) is 2.27. The Balaban J connectivity index is 1.95. The summed E-state index contributed by atoms with van der Waals surface area (Å²) in [5.74, 6) is 1.59. The maximum Gasteiger partial charge on any atom is 0.282 e. The van der Waals surface area contributed by atoms with Gasteiger partial charge in [0, 0.05) is 0 Å². The molecule has 1 saturated carbocycles. The summed E-state index contributed by atoms with van der Waals surface area (Å²) in [6, 6.07) is 0.386. The van der Waals surface area contributed by atoms with Crippen molar-refractivity contribution in [3.05, 3.63) is 0 Å². The van der Waals surface area contributed by atoms with Crippen LogP contribution in [0.4, 0.5) is 0 Å². The van der Waals surface area contributed by atoms with Crippen molar-refractivity contribution in [2.24, 2.45) is 22.6 Å². The van der Waals surface area contributed by atoms with Gasteiger partial charge in [-0.15, -0.1) is 0 Å². The van der Waals surface area contributed by atoms with Gasteiger partial charge in [0.25, 0.3) is 6.02 Å². The first-order valence-corrected chi connectivity index (χ1v) is 4.59. The molecule has 1 aliphatic carbocycles. The standard InChI is InChI=1S/C9H16N2O/c1-6(2)7-3-9(4-7)5-12-8(10)11-9/h6-7H,3-5H2,1-2H3,(H2,10,11). The molecule has 12 heavy (non-hydrogen) atoms. The third-order valence-corrected chi connectivity index (χ3v) is 3.06. The van der Waals surface area contributed by atoms with Gasteiger partial charge < -0.3 is 10.5 Å². The SMILES string of the molecule is CC(C)C1CC2(COC(N)=N2)C1. The van der Waals surface area contributed by atoms with Crippen molar-refractivity contribution in [1.82, 2.24) is 0 Å². The van der Waals surface area contributed by atoms with Crippen LogP contribution in [-0.4, -0.2) is 18.2 Å². The van der Waals surface area contributed by atoms with E-state index in [1.165, 1.54) is 0 Å². The highest BCUT2D eigenvalue weighted by molar-refractivity contribution is 5.73. The third kappa shape index (κ3) is 1.08. The Labute approximate surface area is 73.0 Å². The van der Waals surface area contributed by atoms with Crippen molar-refractivity contribution in [2.45, 2.75) is 32.2 Å². The van der Waals surface area contributed by atoms with Gasteiger partial charge in [-0.1, -0.05) is 13.8 Å². The predicted octanol–water partition coefficient (Wildman–Crippen LogP) is 1.14. The molecule has 0 unspecified atom stereocenters. The van der Waals surface area contributed by atoms with Crippen LogP contribution in [0.2, 0.25) is 0 Å². The second-order valence-corrected chi connectivity index (χ2v) is 4.38. The van der Waals surface area contributed by atoms with Crippen molar-refractivity contribution in [2.75, 3.05) is 6.61 Å². The Morgan fingerprint density at radius 1 is 1.58 bits per heavy atom. The summed E-state index contributed by atoms with van der Waals surface area (Å²) < 4.78 is 5.17. The third-order valence-electron chi connectivity index (χ3n) is 3.06. The fraction of sp³-hybridized carbons (Fsp3) is 0.889. The number of nitrogens with zero attached hydrogens (tertiary/aromatic N) is 1. The van der Waals surface area contributed by atoms with E-state index in [0.717, 1.165) is 24.7 Å². The molecule has 0 saturated heterocycles. The molecule has 2 aliphatic rings. The summed E-state index contributed by atoms with van der Waals surface area (Å²) in [5.41, 5.74) is 5.55. The normalized spacial score (nSPS) is 39.6. The highest BCUT2D eigenvalue weighted by Gasteiger charge is 2.48. The van der Waals surface area contributed by atoms with Gasteiger partial charge in [0.2, 0.25) is 0 Å². The van der Waals surface area contributed by atoms with E-state index in [-0.39, 0.29) is 5.54 Å². The van der Waals surface area contributed by atoms with E-state index < -0.39 is 0 Å². The van der Waals surface area contributed by atoms with Crippen molar-refractivity contribution in [1.29, 1.82) is 0 Å². The van der Waals surface area contributed by atoms with Crippen LogP contribution in [-0.2, 0) is 4.74 Å². The van der Waals surface area contributed by atoms with Gasteiger partial charge in [-0.25, -0.2) is 4.99 Å². The van der Waals surface area contributed by atoms with Crippen molar-refractivity contribution < 1.29 is 4.74 Å². The van der Waals surface area contributed by atoms with Gasteiger partial charge in [0.1, 0.15) is 12.1 Å². The van der Waals surface area contributed by atoms with Crippen LogP contribution in [0.3, 0.4) is 0 Å². The smallest absolute Gasteiger partial charge is 0.282 e.